The van der Waals surface area contributed by atoms with E-state index in [2.05, 4.69) is 54.2 Å². The standard InChI is InChI=1S/C16H24N2O/c1-17(2)16-12-19-11-14-9-18(10-15(14)16)8-13-6-4-3-5-7-13/h3-7,14-16H,8-12H2,1-2H3/t14-,15-,16+/m0/s1. The van der Waals surface area contributed by atoms with Gasteiger partial charge in [-0.05, 0) is 25.6 Å². The SMILES string of the molecule is CN(C)[C@@H]1COC[C@@H]2CN(Cc3ccccc3)C[C@@H]21. The molecule has 0 N–H and O–H groups in total. The molecule has 2 aliphatic rings. The Morgan fingerprint density at radius 3 is 2.68 bits per heavy atom. The van der Waals surface area contributed by atoms with E-state index in [9.17, 15) is 0 Å². The third kappa shape index (κ3) is 2.83. The lowest BCUT2D eigenvalue weighted by molar-refractivity contribution is -0.0229. The van der Waals surface area contributed by atoms with Crippen LogP contribution in [0.2, 0.25) is 0 Å². The van der Waals surface area contributed by atoms with Gasteiger partial charge in [-0.2, -0.15) is 0 Å². The van der Waals surface area contributed by atoms with Crippen LogP contribution in [-0.4, -0.2) is 56.2 Å². The second-order valence-corrected chi connectivity index (χ2v) is 6.17. The maximum absolute atomic E-state index is 5.79. The summed E-state index contributed by atoms with van der Waals surface area (Å²) in [5, 5.41) is 0. The molecule has 0 unspecified atom stereocenters. The van der Waals surface area contributed by atoms with Gasteiger partial charge in [-0.25, -0.2) is 0 Å². The lowest BCUT2D eigenvalue weighted by Crippen LogP contribution is -2.47. The summed E-state index contributed by atoms with van der Waals surface area (Å²) >= 11 is 0. The Bertz CT molecular complexity index is 406. The molecule has 3 nitrogen and oxygen atoms in total. The highest BCUT2D eigenvalue weighted by Gasteiger charge is 2.41. The van der Waals surface area contributed by atoms with Crippen LogP contribution >= 0.6 is 0 Å². The fourth-order valence-corrected chi connectivity index (χ4v) is 3.57. The molecule has 0 bridgehead atoms. The average molecular weight is 260 g/mol. The highest BCUT2D eigenvalue weighted by atomic mass is 16.5. The quantitative estimate of drug-likeness (QED) is 0.822. The Kier molecular flexibility index (Phi) is 3.87. The second kappa shape index (κ2) is 5.61. The van der Waals surface area contributed by atoms with Gasteiger partial charge in [0.25, 0.3) is 0 Å². The van der Waals surface area contributed by atoms with E-state index in [1.807, 2.05) is 0 Å². The van der Waals surface area contributed by atoms with E-state index in [-0.39, 0.29) is 0 Å². The predicted molar refractivity (Wildman–Crippen MR) is 77.0 cm³/mol. The summed E-state index contributed by atoms with van der Waals surface area (Å²) < 4.78 is 5.79. The van der Waals surface area contributed by atoms with Crippen LogP contribution < -0.4 is 0 Å². The Morgan fingerprint density at radius 1 is 1.16 bits per heavy atom. The molecule has 0 amide bonds. The van der Waals surface area contributed by atoms with E-state index in [4.69, 9.17) is 4.74 Å². The maximum atomic E-state index is 5.79. The first-order chi connectivity index (χ1) is 9.24. The van der Waals surface area contributed by atoms with Gasteiger partial charge in [0.15, 0.2) is 0 Å². The van der Waals surface area contributed by atoms with Gasteiger partial charge in [-0.1, -0.05) is 30.3 Å². The topological polar surface area (TPSA) is 15.7 Å². The maximum Gasteiger partial charge on any atom is 0.0625 e. The summed E-state index contributed by atoms with van der Waals surface area (Å²) in [5.41, 5.74) is 1.42. The van der Waals surface area contributed by atoms with E-state index >= 15 is 0 Å². The van der Waals surface area contributed by atoms with Crippen LogP contribution in [0.25, 0.3) is 0 Å². The number of nitrogens with zero attached hydrogens (tertiary/aromatic N) is 2. The first kappa shape index (κ1) is 13.1. The number of likely N-dealkylation sites (tertiary alicyclic amines) is 1. The van der Waals surface area contributed by atoms with Gasteiger partial charge in [0.1, 0.15) is 0 Å². The highest BCUT2D eigenvalue weighted by Crippen LogP contribution is 2.32. The molecule has 0 spiro atoms. The molecule has 3 heteroatoms. The molecule has 1 aromatic rings. The minimum atomic E-state index is 0.583. The lowest BCUT2D eigenvalue weighted by Gasteiger charge is -2.37. The fourth-order valence-electron chi connectivity index (χ4n) is 3.57. The molecule has 2 heterocycles. The van der Waals surface area contributed by atoms with E-state index < -0.39 is 0 Å². The van der Waals surface area contributed by atoms with Gasteiger partial charge in [-0.3, -0.25) is 4.90 Å². The van der Waals surface area contributed by atoms with Crippen LogP contribution in [0.1, 0.15) is 5.56 Å². The van der Waals surface area contributed by atoms with Crippen molar-refractivity contribution in [3.8, 4) is 0 Å². The molecular formula is C16H24N2O. The van der Waals surface area contributed by atoms with Crippen molar-refractivity contribution in [2.24, 2.45) is 11.8 Å². The van der Waals surface area contributed by atoms with Crippen LogP contribution in [0.4, 0.5) is 0 Å². The zero-order chi connectivity index (χ0) is 13.2. The van der Waals surface area contributed by atoms with Crippen molar-refractivity contribution in [1.29, 1.82) is 0 Å². The Hall–Kier alpha value is -0.900. The summed E-state index contributed by atoms with van der Waals surface area (Å²) in [6.07, 6.45) is 0. The van der Waals surface area contributed by atoms with E-state index in [1.165, 1.54) is 18.7 Å². The molecule has 0 saturated carbocycles. The molecule has 2 fully saturated rings. The van der Waals surface area contributed by atoms with E-state index in [0.29, 0.717) is 12.0 Å². The van der Waals surface area contributed by atoms with E-state index in [1.54, 1.807) is 0 Å². The summed E-state index contributed by atoms with van der Waals surface area (Å²) in [7, 11) is 4.35. The number of likely N-dealkylation sites (N-methyl/N-ethyl adjacent to an activating group) is 1. The smallest absolute Gasteiger partial charge is 0.0625 e. The monoisotopic (exact) mass is 260 g/mol. The van der Waals surface area contributed by atoms with Crippen molar-refractivity contribution >= 4 is 0 Å². The number of hydrogen-bond acceptors (Lipinski definition) is 3. The fraction of sp³-hybridized carbons (Fsp3) is 0.625. The molecule has 2 saturated heterocycles. The van der Waals surface area contributed by atoms with Crippen LogP contribution in [0.15, 0.2) is 30.3 Å². The van der Waals surface area contributed by atoms with Gasteiger partial charge in [0, 0.05) is 31.6 Å². The van der Waals surface area contributed by atoms with Crippen LogP contribution in [0, 0.1) is 11.8 Å². The van der Waals surface area contributed by atoms with Crippen LogP contribution in [-0.2, 0) is 11.3 Å². The number of hydrogen-bond donors (Lipinski definition) is 0. The largest absolute Gasteiger partial charge is 0.379 e. The third-order valence-electron chi connectivity index (χ3n) is 4.59. The molecular weight excluding hydrogens is 236 g/mol. The Morgan fingerprint density at radius 2 is 1.95 bits per heavy atom. The number of ether oxygens (including phenoxy) is 1. The lowest BCUT2D eigenvalue weighted by atomic mass is 9.87. The Labute approximate surface area is 116 Å². The van der Waals surface area contributed by atoms with Crippen molar-refractivity contribution in [3.05, 3.63) is 35.9 Å². The second-order valence-electron chi connectivity index (χ2n) is 6.17. The van der Waals surface area contributed by atoms with Crippen LogP contribution in [0.5, 0.6) is 0 Å². The molecule has 2 aliphatic heterocycles. The summed E-state index contributed by atoms with van der Waals surface area (Å²) in [6.45, 7) is 5.32. The molecule has 1 aromatic carbocycles. The molecule has 0 aliphatic carbocycles. The first-order valence-electron chi connectivity index (χ1n) is 7.24. The Balaban J connectivity index is 1.65. The van der Waals surface area contributed by atoms with Gasteiger partial charge in [-0.15, -0.1) is 0 Å². The summed E-state index contributed by atoms with van der Waals surface area (Å²) in [5.74, 6) is 1.48. The number of rotatable bonds is 3. The zero-order valence-electron chi connectivity index (χ0n) is 12.0. The van der Waals surface area contributed by atoms with Crippen LogP contribution in [0.3, 0.4) is 0 Å². The first-order valence-corrected chi connectivity index (χ1v) is 7.24. The van der Waals surface area contributed by atoms with E-state index in [0.717, 1.165) is 25.7 Å². The average Bonchev–Trinajstić information content (AvgIpc) is 2.81. The molecule has 3 atom stereocenters. The summed E-state index contributed by atoms with van der Waals surface area (Å²) in [4.78, 5) is 4.93. The van der Waals surface area contributed by atoms with Crippen molar-refractivity contribution in [1.82, 2.24) is 9.80 Å². The summed E-state index contributed by atoms with van der Waals surface area (Å²) in [6, 6.07) is 11.4. The molecule has 104 valence electrons. The van der Waals surface area contributed by atoms with Crippen molar-refractivity contribution in [2.45, 2.75) is 12.6 Å². The van der Waals surface area contributed by atoms with Crippen molar-refractivity contribution in [3.63, 3.8) is 0 Å². The molecule has 3 rings (SSSR count). The minimum absolute atomic E-state index is 0.583. The minimum Gasteiger partial charge on any atom is -0.379 e. The highest BCUT2D eigenvalue weighted by molar-refractivity contribution is 5.15. The number of fused-ring (bicyclic) bond motifs is 1. The molecule has 19 heavy (non-hydrogen) atoms. The van der Waals surface area contributed by atoms with Gasteiger partial charge in [0.05, 0.1) is 13.2 Å². The zero-order valence-corrected chi connectivity index (χ0v) is 12.0. The van der Waals surface area contributed by atoms with Crippen molar-refractivity contribution in [2.75, 3.05) is 40.4 Å². The van der Waals surface area contributed by atoms with Gasteiger partial charge >= 0.3 is 0 Å². The third-order valence-corrected chi connectivity index (χ3v) is 4.59. The normalized spacial score (nSPS) is 31.6. The molecule has 0 aromatic heterocycles. The predicted octanol–water partition coefficient (Wildman–Crippen LogP) is 1.69. The van der Waals surface area contributed by atoms with Gasteiger partial charge < -0.3 is 9.64 Å². The molecule has 0 radical (unpaired) electrons. The number of benzene rings is 1. The van der Waals surface area contributed by atoms with Gasteiger partial charge in [0.2, 0.25) is 0 Å². The van der Waals surface area contributed by atoms with Crippen molar-refractivity contribution < 1.29 is 4.74 Å².